The molecule has 0 spiro atoms. The molecule has 1 heterocycles. The topological polar surface area (TPSA) is 105 Å². The molecule has 0 unspecified atom stereocenters. The molecule has 9 heteroatoms. The number of carbonyl (C=O) groups excluding carboxylic acids is 3. The van der Waals surface area contributed by atoms with Crippen LogP contribution in [0, 0.1) is 0 Å². The van der Waals surface area contributed by atoms with Gasteiger partial charge in [0.1, 0.15) is 12.4 Å². The van der Waals surface area contributed by atoms with Gasteiger partial charge in [0.25, 0.3) is 0 Å². The van der Waals surface area contributed by atoms with Crippen LogP contribution in [-0.4, -0.2) is 82.4 Å². The quantitative estimate of drug-likeness (QED) is 0.612. The monoisotopic (exact) mass is 428 g/mol. The molecule has 3 amide bonds. The summed E-state index contributed by atoms with van der Waals surface area (Å²) in [6.07, 6.45) is 3.29. The van der Waals surface area contributed by atoms with E-state index >= 15 is 0 Å². The van der Waals surface area contributed by atoms with Gasteiger partial charge in [0, 0.05) is 51.4 Å². The normalized spacial score (nSPS) is 11.9. The van der Waals surface area contributed by atoms with Gasteiger partial charge in [-0.05, 0) is 19.7 Å². The molecule has 9 nitrogen and oxygen atoms in total. The van der Waals surface area contributed by atoms with Crippen LogP contribution in [0.25, 0.3) is 0 Å². The number of nitrogens with zero attached hydrogens (tertiary/aromatic N) is 5. The lowest BCUT2D eigenvalue weighted by atomic mass is 10.1. The van der Waals surface area contributed by atoms with E-state index in [0.29, 0.717) is 18.8 Å². The molecule has 1 aromatic carbocycles. The Morgan fingerprint density at radius 3 is 2.35 bits per heavy atom. The second-order valence-electron chi connectivity index (χ2n) is 7.75. The Bertz CT molecular complexity index is 880. The van der Waals surface area contributed by atoms with Crippen LogP contribution in [-0.2, 0) is 22.6 Å². The third kappa shape index (κ3) is 6.65. The molecule has 31 heavy (non-hydrogen) atoms. The van der Waals surface area contributed by atoms with Crippen LogP contribution < -0.4 is 5.73 Å². The van der Waals surface area contributed by atoms with E-state index < -0.39 is 11.9 Å². The van der Waals surface area contributed by atoms with Gasteiger partial charge in [-0.25, -0.2) is 9.78 Å². The van der Waals surface area contributed by atoms with Crippen molar-refractivity contribution in [1.29, 1.82) is 0 Å². The third-order valence-corrected chi connectivity index (χ3v) is 5.06. The fourth-order valence-corrected chi connectivity index (χ4v) is 3.19. The minimum Gasteiger partial charge on any atom is -0.368 e. The van der Waals surface area contributed by atoms with Gasteiger partial charge in [-0.3, -0.25) is 14.2 Å². The van der Waals surface area contributed by atoms with E-state index in [1.165, 1.54) is 22.0 Å². The molecule has 0 aliphatic heterocycles. The maximum atomic E-state index is 12.9. The van der Waals surface area contributed by atoms with Crippen LogP contribution in [0.2, 0.25) is 0 Å². The molecule has 1 atom stereocenters. The van der Waals surface area contributed by atoms with Gasteiger partial charge in [-0.2, -0.15) is 0 Å². The number of carbonyl (C=O) groups is 3. The third-order valence-electron chi connectivity index (χ3n) is 5.06. The average Bonchev–Trinajstić information content (AvgIpc) is 3.22. The number of imidazole rings is 1. The van der Waals surface area contributed by atoms with Crippen molar-refractivity contribution in [2.75, 3.05) is 34.2 Å². The Balaban J connectivity index is 2.26. The van der Waals surface area contributed by atoms with Gasteiger partial charge in [0.05, 0.1) is 0 Å². The lowest BCUT2D eigenvalue weighted by molar-refractivity contribution is -0.139. The standard InChI is InChI=1S/C22H32N6O3/c1-5-20(29)27(15-17-9-7-6-8-10-17)19(21(23)30)13-18-14-24-16-28(18)22(31)26(4)12-11-25(2)3/h6-10,14,16,19H,5,11-13,15H2,1-4H3,(H2,23,30)/t19-/m0/s1. The zero-order valence-electron chi connectivity index (χ0n) is 18.7. The molecule has 2 aromatic rings. The first-order valence-corrected chi connectivity index (χ1v) is 10.3. The SMILES string of the molecule is CCC(=O)N(Cc1ccccc1)[C@@H](Cc1cncn1C(=O)N(C)CCN(C)C)C(N)=O. The van der Waals surface area contributed by atoms with E-state index in [-0.39, 0.29) is 31.3 Å². The van der Waals surface area contributed by atoms with Crippen LogP contribution in [0.1, 0.15) is 24.6 Å². The number of likely N-dealkylation sites (N-methyl/N-ethyl adjacent to an activating group) is 2. The van der Waals surface area contributed by atoms with Crippen molar-refractivity contribution >= 4 is 17.8 Å². The highest BCUT2D eigenvalue weighted by Gasteiger charge is 2.29. The van der Waals surface area contributed by atoms with Crippen molar-refractivity contribution in [3.63, 3.8) is 0 Å². The summed E-state index contributed by atoms with van der Waals surface area (Å²) in [5.41, 5.74) is 7.12. The molecule has 0 aliphatic rings. The number of hydrogen-bond acceptors (Lipinski definition) is 5. The fourth-order valence-electron chi connectivity index (χ4n) is 3.19. The highest BCUT2D eigenvalue weighted by Crippen LogP contribution is 2.15. The summed E-state index contributed by atoms with van der Waals surface area (Å²) in [5, 5.41) is 0. The first-order chi connectivity index (χ1) is 14.7. The molecule has 2 N–H and O–H groups in total. The van der Waals surface area contributed by atoms with Crippen LogP contribution >= 0.6 is 0 Å². The van der Waals surface area contributed by atoms with Gasteiger partial charge in [-0.15, -0.1) is 0 Å². The van der Waals surface area contributed by atoms with E-state index in [1.807, 2.05) is 49.3 Å². The first kappa shape index (κ1) is 24.1. The van der Waals surface area contributed by atoms with Crippen molar-refractivity contribution in [3.8, 4) is 0 Å². The number of benzene rings is 1. The Morgan fingerprint density at radius 2 is 1.77 bits per heavy atom. The lowest BCUT2D eigenvalue weighted by Gasteiger charge is -2.30. The summed E-state index contributed by atoms with van der Waals surface area (Å²) in [5.74, 6) is -0.813. The van der Waals surface area contributed by atoms with Gasteiger partial charge < -0.3 is 20.4 Å². The van der Waals surface area contributed by atoms with E-state index in [1.54, 1.807) is 18.9 Å². The smallest absolute Gasteiger partial charge is 0.329 e. The maximum Gasteiger partial charge on any atom is 0.329 e. The predicted octanol–water partition coefficient (Wildman–Crippen LogP) is 1.18. The molecule has 0 bridgehead atoms. The molecule has 0 saturated carbocycles. The first-order valence-electron chi connectivity index (χ1n) is 10.3. The average molecular weight is 429 g/mol. The van der Waals surface area contributed by atoms with Crippen molar-refractivity contribution < 1.29 is 14.4 Å². The maximum absolute atomic E-state index is 12.9. The lowest BCUT2D eigenvalue weighted by Crippen LogP contribution is -2.49. The molecular formula is C22H32N6O3. The summed E-state index contributed by atoms with van der Waals surface area (Å²) >= 11 is 0. The van der Waals surface area contributed by atoms with Gasteiger partial charge in [0.15, 0.2) is 0 Å². The largest absolute Gasteiger partial charge is 0.368 e. The molecule has 0 saturated heterocycles. The van der Waals surface area contributed by atoms with Crippen LogP contribution in [0.5, 0.6) is 0 Å². The minimum absolute atomic E-state index is 0.0984. The van der Waals surface area contributed by atoms with Crippen LogP contribution in [0.4, 0.5) is 4.79 Å². The van der Waals surface area contributed by atoms with Crippen molar-refractivity contribution in [2.45, 2.75) is 32.4 Å². The van der Waals surface area contributed by atoms with Crippen molar-refractivity contribution in [1.82, 2.24) is 24.3 Å². The molecule has 1 aromatic heterocycles. The van der Waals surface area contributed by atoms with E-state index in [4.69, 9.17) is 5.73 Å². The Kier molecular flexibility index (Phi) is 8.75. The van der Waals surface area contributed by atoms with E-state index in [0.717, 1.165) is 5.56 Å². The zero-order valence-corrected chi connectivity index (χ0v) is 18.7. The summed E-state index contributed by atoms with van der Waals surface area (Å²) in [4.78, 5) is 47.1. The van der Waals surface area contributed by atoms with Gasteiger partial charge >= 0.3 is 6.03 Å². The molecule has 0 radical (unpaired) electrons. The van der Waals surface area contributed by atoms with E-state index in [9.17, 15) is 14.4 Å². The summed E-state index contributed by atoms with van der Waals surface area (Å²) in [7, 11) is 5.58. The summed E-state index contributed by atoms with van der Waals surface area (Å²) in [6.45, 7) is 3.25. The Morgan fingerprint density at radius 1 is 1.10 bits per heavy atom. The molecule has 2 rings (SSSR count). The van der Waals surface area contributed by atoms with E-state index in [2.05, 4.69) is 4.98 Å². The second kappa shape index (κ2) is 11.3. The van der Waals surface area contributed by atoms with Crippen LogP contribution in [0.15, 0.2) is 42.9 Å². The number of amides is 3. The number of nitrogens with two attached hydrogens (primary N) is 1. The second-order valence-corrected chi connectivity index (χ2v) is 7.75. The van der Waals surface area contributed by atoms with Gasteiger partial charge in [0.2, 0.25) is 11.8 Å². The van der Waals surface area contributed by atoms with Crippen molar-refractivity contribution in [2.24, 2.45) is 5.73 Å². The zero-order chi connectivity index (χ0) is 23.0. The van der Waals surface area contributed by atoms with Gasteiger partial charge in [-0.1, -0.05) is 37.3 Å². The number of rotatable bonds is 10. The molecular weight excluding hydrogens is 396 g/mol. The Hall–Kier alpha value is -3.20. The summed E-state index contributed by atoms with van der Waals surface area (Å²) < 4.78 is 1.41. The molecule has 0 fully saturated rings. The molecule has 168 valence electrons. The number of primary amides is 1. The van der Waals surface area contributed by atoms with Crippen LogP contribution in [0.3, 0.4) is 0 Å². The highest BCUT2D eigenvalue weighted by molar-refractivity contribution is 5.87. The fraction of sp³-hybridized carbons (Fsp3) is 0.455. The Labute approximate surface area is 183 Å². The molecule has 0 aliphatic carbocycles. The minimum atomic E-state index is -0.900. The predicted molar refractivity (Wildman–Crippen MR) is 118 cm³/mol. The highest BCUT2D eigenvalue weighted by atomic mass is 16.2. The summed E-state index contributed by atoms with van der Waals surface area (Å²) in [6, 6.07) is 8.26. The van der Waals surface area contributed by atoms with Crippen molar-refractivity contribution in [3.05, 3.63) is 54.1 Å². The number of hydrogen-bond donors (Lipinski definition) is 1. The number of aromatic nitrogens is 2.